The molecule has 3 rings (SSSR count). The van der Waals surface area contributed by atoms with Gasteiger partial charge >= 0.3 is 0 Å². The average molecular weight is 337 g/mol. The fourth-order valence-corrected chi connectivity index (χ4v) is 3.60. The maximum Gasteiger partial charge on any atom is 0.263 e. The molecule has 2 aromatic rings. The van der Waals surface area contributed by atoms with Crippen LogP contribution in [-0.4, -0.2) is 25.9 Å². The zero-order chi connectivity index (χ0) is 15.7. The molecule has 1 atom stereocenters. The summed E-state index contributed by atoms with van der Waals surface area (Å²) in [7, 11) is -3.55. The van der Waals surface area contributed by atoms with Gasteiger partial charge in [-0.3, -0.25) is 9.71 Å². The van der Waals surface area contributed by atoms with E-state index in [1.807, 2.05) is 0 Å². The third kappa shape index (κ3) is 2.85. The Morgan fingerprint density at radius 3 is 2.55 bits per heavy atom. The molecule has 2 N–H and O–H groups in total. The standard InChI is InChI=1S/C15H13ClN2O3S/c16-11-7-5-10(6-8-11)13(19)9-17-15-12-3-1-2-4-14(12)22(20,21)18-15/h1-8,13,19H,9H2,(H,17,18). The summed E-state index contributed by atoms with van der Waals surface area (Å²) in [5.41, 5.74) is 1.19. The summed E-state index contributed by atoms with van der Waals surface area (Å²) in [6.45, 7) is 0.0494. The van der Waals surface area contributed by atoms with Crippen molar-refractivity contribution in [2.45, 2.75) is 11.0 Å². The number of aliphatic hydroxyl groups is 1. The first-order valence-electron chi connectivity index (χ1n) is 6.57. The number of nitrogens with one attached hydrogen (secondary N) is 1. The molecule has 114 valence electrons. The molecule has 0 amide bonds. The van der Waals surface area contributed by atoms with E-state index in [-0.39, 0.29) is 17.3 Å². The second-order valence-electron chi connectivity index (χ2n) is 4.86. The summed E-state index contributed by atoms with van der Waals surface area (Å²) < 4.78 is 26.3. The molecule has 0 aliphatic carbocycles. The van der Waals surface area contributed by atoms with E-state index in [4.69, 9.17) is 11.6 Å². The quantitative estimate of drug-likeness (QED) is 0.901. The van der Waals surface area contributed by atoms with Crippen molar-refractivity contribution in [1.82, 2.24) is 4.72 Å². The van der Waals surface area contributed by atoms with Gasteiger partial charge in [0.1, 0.15) is 5.84 Å². The lowest BCUT2D eigenvalue weighted by molar-refractivity contribution is 0.187. The smallest absolute Gasteiger partial charge is 0.263 e. The Labute approximate surface area is 133 Å². The normalized spacial score (nSPS) is 18.7. The number of amidine groups is 1. The predicted molar refractivity (Wildman–Crippen MR) is 84.6 cm³/mol. The molecule has 22 heavy (non-hydrogen) atoms. The van der Waals surface area contributed by atoms with E-state index in [1.165, 1.54) is 6.07 Å². The lowest BCUT2D eigenvalue weighted by Crippen LogP contribution is -2.23. The Hall–Kier alpha value is -1.89. The van der Waals surface area contributed by atoms with E-state index >= 15 is 0 Å². The number of nitrogens with zero attached hydrogens (tertiary/aromatic N) is 1. The highest BCUT2D eigenvalue weighted by Crippen LogP contribution is 2.23. The topological polar surface area (TPSA) is 78.8 Å². The summed E-state index contributed by atoms with van der Waals surface area (Å²) in [6, 6.07) is 13.4. The van der Waals surface area contributed by atoms with Gasteiger partial charge in [0, 0.05) is 10.6 Å². The van der Waals surface area contributed by atoms with Crippen LogP contribution in [0.4, 0.5) is 0 Å². The van der Waals surface area contributed by atoms with Crippen LogP contribution in [0, 0.1) is 0 Å². The summed E-state index contributed by atoms with van der Waals surface area (Å²) in [6.07, 6.45) is -0.831. The number of hydrogen-bond acceptors (Lipinski definition) is 4. The molecule has 1 heterocycles. The summed E-state index contributed by atoms with van der Waals surface area (Å²) in [4.78, 5) is 4.41. The lowest BCUT2D eigenvalue weighted by Gasteiger charge is -2.08. The van der Waals surface area contributed by atoms with Crippen molar-refractivity contribution in [1.29, 1.82) is 0 Å². The van der Waals surface area contributed by atoms with Crippen molar-refractivity contribution >= 4 is 27.5 Å². The van der Waals surface area contributed by atoms with Gasteiger partial charge in [0.15, 0.2) is 0 Å². The number of hydrogen-bond donors (Lipinski definition) is 2. The van der Waals surface area contributed by atoms with Gasteiger partial charge in [-0.05, 0) is 29.8 Å². The molecule has 0 saturated carbocycles. The van der Waals surface area contributed by atoms with Gasteiger partial charge in [-0.25, -0.2) is 8.42 Å². The summed E-state index contributed by atoms with van der Waals surface area (Å²) in [5, 5.41) is 10.7. The highest BCUT2D eigenvalue weighted by Gasteiger charge is 2.30. The first kappa shape index (κ1) is 15.0. The molecule has 1 aliphatic heterocycles. The van der Waals surface area contributed by atoms with Gasteiger partial charge in [-0.2, -0.15) is 0 Å². The van der Waals surface area contributed by atoms with Crippen LogP contribution in [0.2, 0.25) is 5.02 Å². The lowest BCUT2D eigenvalue weighted by atomic mass is 10.1. The van der Waals surface area contributed by atoms with E-state index in [2.05, 4.69) is 9.71 Å². The van der Waals surface area contributed by atoms with E-state index in [9.17, 15) is 13.5 Å². The molecule has 1 aliphatic rings. The molecule has 5 nitrogen and oxygen atoms in total. The number of aliphatic imine (C=N–C) groups is 1. The van der Waals surface area contributed by atoms with Gasteiger partial charge in [-0.15, -0.1) is 0 Å². The third-order valence-electron chi connectivity index (χ3n) is 3.34. The van der Waals surface area contributed by atoms with Gasteiger partial charge in [-0.1, -0.05) is 35.9 Å². The molecule has 0 aromatic heterocycles. The molecular weight excluding hydrogens is 324 g/mol. The number of halogens is 1. The van der Waals surface area contributed by atoms with Gasteiger partial charge < -0.3 is 5.11 Å². The molecule has 0 saturated heterocycles. The van der Waals surface area contributed by atoms with E-state index < -0.39 is 16.1 Å². The second kappa shape index (κ2) is 5.72. The minimum absolute atomic E-state index is 0.0494. The van der Waals surface area contributed by atoms with Crippen LogP contribution in [0.15, 0.2) is 58.4 Å². The third-order valence-corrected chi connectivity index (χ3v) is 4.99. The van der Waals surface area contributed by atoms with Gasteiger partial charge in [0.2, 0.25) is 0 Å². The van der Waals surface area contributed by atoms with Crippen molar-refractivity contribution < 1.29 is 13.5 Å². The second-order valence-corrected chi connectivity index (χ2v) is 6.95. The molecule has 0 radical (unpaired) electrons. The molecular formula is C15H13ClN2O3S. The zero-order valence-electron chi connectivity index (χ0n) is 11.4. The molecule has 2 aromatic carbocycles. The van der Waals surface area contributed by atoms with Crippen LogP contribution in [0.1, 0.15) is 17.2 Å². The number of benzene rings is 2. The number of rotatable bonds is 3. The average Bonchev–Trinajstić information content (AvgIpc) is 2.77. The fourth-order valence-electron chi connectivity index (χ4n) is 2.22. The summed E-state index contributed by atoms with van der Waals surface area (Å²) >= 11 is 5.80. The zero-order valence-corrected chi connectivity index (χ0v) is 13.0. The first-order valence-corrected chi connectivity index (χ1v) is 8.44. The Kier molecular flexibility index (Phi) is 3.90. The minimum atomic E-state index is -3.55. The largest absolute Gasteiger partial charge is 0.386 e. The van der Waals surface area contributed by atoms with Crippen LogP contribution in [0.25, 0.3) is 0 Å². The molecule has 0 fully saturated rings. The van der Waals surface area contributed by atoms with Crippen LogP contribution in [0.5, 0.6) is 0 Å². The van der Waals surface area contributed by atoms with Crippen LogP contribution in [-0.2, 0) is 10.0 Å². The highest BCUT2D eigenvalue weighted by atomic mass is 35.5. The Balaban J connectivity index is 1.84. The number of fused-ring (bicyclic) bond motifs is 1. The van der Waals surface area contributed by atoms with Crippen molar-refractivity contribution in [2.24, 2.45) is 4.99 Å². The minimum Gasteiger partial charge on any atom is -0.386 e. The fraction of sp³-hybridized carbons (Fsp3) is 0.133. The van der Waals surface area contributed by atoms with Gasteiger partial charge in [0.05, 0.1) is 17.5 Å². The monoisotopic (exact) mass is 336 g/mol. The molecule has 0 spiro atoms. The predicted octanol–water partition coefficient (Wildman–Crippen LogP) is 2.11. The highest BCUT2D eigenvalue weighted by molar-refractivity contribution is 7.90. The van der Waals surface area contributed by atoms with Crippen molar-refractivity contribution in [3.05, 3.63) is 64.7 Å². The Bertz CT molecular complexity index is 832. The number of aliphatic hydroxyl groups excluding tert-OH is 1. The van der Waals surface area contributed by atoms with Crippen LogP contribution in [0.3, 0.4) is 0 Å². The number of sulfonamides is 1. The van der Waals surface area contributed by atoms with Crippen LogP contribution >= 0.6 is 11.6 Å². The Morgan fingerprint density at radius 1 is 1.14 bits per heavy atom. The summed E-state index contributed by atoms with van der Waals surface area (Å²) in [5.74, 6) is 0.253. The van der Waals surface area contributed by atoms with Crippen molar-refractivity contribution in [3.63, 3.8) is 0 Å². The SMILES string of the molecule is O=S1(=O)NC(=NCC(O)c2ccc(Cl)cc2)c2ccccc21. The Morgan fingerprint density at radius 2 is 1.82 bits per heavy atom. The van der Waals surface area contributed by atoms with E-state index in [1.54, 1.807) is 42.5 Å². The van der Waals surface area contributed by atoms with Crippen molar-refractivity contribution in [2.75, 3.05) is 6.54 Å². The van der Waals surface area contributed by atoms with Crippen LogP contribution < -0.4 is 4.72 Å². The molecule has 0 bridgehead atoms. The first-order chi connectivity index (χ1) is 10.5. The molecule has 1 unspecified atom stereocenters. The molecule has 7 heteroatoms. The maximum absolute atomic E-state index is 11.9. The van der Waals surface area contributed by atoms with Crippen molar-refractivity contribution in [3.8, 4) is 0 Å². The maximum atomic E-state index is 11.9. The van der Waals surface area contributed by atoms with E-state index in [0.717, 1.165) is 0 Å². The van der Waals surface area contributed by atoms with E-state index in [0.29, 0.717) is 16.1 Å². The van der Waals surface area contributed by atoms with Gasteiger partial charge in [0.25, 0.3) is 10.0 Å².